The van der Waals surface area contributed by atoms with Crippen LogP contribution in [-0.4, -0.2) is 5.54 Å². The van der Waals surface area contributed by atoms with E-state index in [1.54, 1.807) is 9.12 Å². The van der Waals surface area contributed by atoms with E-state index in [0.29, 0.717) is 5.54 Å². The van der Waals surface area contributed by atoms with Gasteiger partial charge in [-0.25, -0.2) is 4.72 Å². The quantitative estimate of drug-likeness (QED) is 0.317. The lowest BCUT2D eigenvalue weighted by Gasteiger charge is -2.28. The van der Waals surface area contributed by atoms with Crippen molar-refractivity contribution in [3.8, 4) is 0 Å². The first-order valence-electron chi connectivity index (χ1n) is 5.49. The van der Waals surface area contributed by atoms with Crippen molar-refractivity contribution in [2.24, 2.45) is 0 Å². The third-order valence-electron chi connectivity index (χ3n) is 3.13. The summed E-state index contributed by atoms with van der Waals surface area (Å²) in [6.45, 7) is 3.76. The van der Waals surface area contributed by atoms with Gasteiger partial charge in [-0.2, -0.15) is 0 Å². The maximum Gasteiger partial charge on any atom is 0.0290 e. The van der Waals surface area contributed by atoms with E-state index < -0.39 is 0 Å². The fourth-order valence-corrected chi connectivity index (χ4v) is 4.16. The van der Waals surface area contributed by atoms with Crippen LogP contribution in [0.4, 0.5) is 0 Å². The zero-order valence-corrected chi connectivity index (χ0v) is 11.7. The molecule has 14 heavy (non-hydrogen) atoms. The number of allylic oxidation sites excluding steroid dienone is 1. The molecule has 0 saturated heterocycles. The predicted octanol–water partition coefficient (Wildman–Crippen LogP) is 4.63. The molecule has 1 rings (SSSR count). The summed E-state index contributed by atoms with van der Waals surface area (Å²) in [5.41, 5.74) is 0.465. The number of hydrogen-bond acceptors (Lipinski definition) is 2. The van der Waals surface area contributed by atoms with E-state index in [1.165, 1.54) is 51.4 Å². The molecule has 3 heteroatoms. The number of nitrogens with one attached hydrogen (secondary N) is 1. The Bertz CT molecular complexity index is 167. The molecule has 1 N–H and O–H groups in total. The van der Waals surface area contributed by atoms with Crippen LogP contribution in [0.1, 0.15) is 51.4 Å². The molecule has 1 aliphatic carbocycles. The van der Waals surface area contributed by atoms with Gasteiger partial charge in [0.05, 0.1) is 0 Å². The van der Waals surface area contributed by atoms with Crippen LogP contribution >= 0.6 is 30.3 Å². The van der Waals surface area contributed by atoms with Gasteiger partial charge in [-0.05, 0) is 41.2 Å². The monoisotopic (exact) mass is 325 g/mol. The fraction of sp³-hybridized carbons (Fsp3) is 0.818. The van der Waals surface area contributed by atoms with Crippen LogP contribution in [0.15, 0.2) is 12.7 Å². The predicted molar refractivity (Wildman–Crippen MR) is 74.6 cm³/mol. The Morgan fingerprint density at radius 1 is 1.36 bits per heavy atom. The van der Waals surface area contributed by atoms with E-state index in [1.807, 2.05) is 6.08 Å². The summed E-state index contributed by atoms with van der Waals surface area (Å²) >= 11 is 2.34. The largest absolute Gasteiger partial charge is 0.249 e. The average Bonchev–Trinajstić information content (AvgIpc) is 2.63. The Hall–Kier alpha value is 0.780. The Labute approximate surface area is 104 Å². The molecule has 0 amide bonds. The van der Waals surface area contributed by atoms with Crippen LogP contribution < -0.4 is 4.72 Å². The van der Waals surface area contributed by atoms with Gasteiger partial charge < -0.3 is 0 Å². The Morgan fingerprint density at radius 2 is 2.07 bits per heavy atom. The molecule has 0 bridgehead atoms. The molecule has 82 valence electrons. The zero-order chi connectivity index (χ0) is 10.3. The van der Waals surface area contributed by atoms with Crippen molar-refractivity contribution in [3.05, 3.63) is 12.7 Å². The first-order valence-corrected chi connectivity index (χ1v) is 8.84. The highest BCUT2D eigenvalue weighted by Gasteiger charge is 2.32. The number of hydrogen-bond donors (Lipinski definition) is 1. The molecule has 0 spiro atoms. The van der Waals surface area contributed by atoms with Gasteiger partial charge in [0.15, 0.2) is 0 Å². The highest BCUT2D eigenvalue weighted by atomic mass is 127. The lowest BCUT2D eigenvalue weighted by Crippen LogP contribution is -2.37. The Balaban J connectivity index is 2.24. The van der Waals surface area contributed by atoms with Crippen LogP contribution in [0.2, 0.25) is 0 Å². The average molecular weight is 325 g/mol. The SMILES string of the molecule is C=CCCCCC1(NSI)CCCC1. The minimum atomic E-state index is 0.465. The van der Waals surface area contributed by atoms with Crippen LogP contribution in [0.3, 0.4) is 0 Å². The fourth-order valence-electron chi connectivity index (χ4n) is 2.29. The molecule has 1 saturated carbocycles. The van der Waals surface area contributed by atoms with Gasteiger partial charge in [0.1, 0.15) is 0 Å². The first kappa shape index (κ1) is 12.8. The Morgan fingerprint density at radius 3 is 2.64 bits per heavy atom. The van der Waals surface area contributed by atoms with Gasteiger partial charge in [0.2, 0.25) is 0 Å². The normalized spacial score (nSPS) is 19.8. The molecule has 1 nitrogen and oxygen atoms in total. The standard InChI is InChI=1S/C11H20INS/c1-2-3-4-5-8-11(13-14-12)9-6-7-10-11/h2,13H,1,3-10H2. The second-order valence-corrected chi connectivity index (χ2v) is 5.88. The van der Waals surface area contributed by atoms with Crippen molar-refractivity contribution in [2.75, 3.05) is 0 Å². The summed E-state index contributed by atoms with van der Waals surface area (Å²) in [6, 6.07) is 0. The summed E-state index contributed by atoms with van der Waals surface area (Å²) in [4.78, 5) is 0. The molecular weight excluding hydrogens is 305 g/mol. The molecule has 0 atom stereocenters. The molecule has 1 aliphatic rings. The van der Waals surface area contributed by atoms with Gasteiger partial charge in [-0.15, -0.1) is 6.58 Å². The van der Waals surface area contributed by atoms with Crippen LogP contribution in [0.5, 0.6) is 0 Å². The lowest BCUT2D eigenvalue weighted by molar-refractivity contribution is 0.362. The van der Waals surface area contributed by atoms with E-state index in [9.17, 15) is 0 Å². The summed E-state index contributed by atoms with van der Waals surface area (Å²) < 4.78 is 3.61. The summed E-state index contributed by atoms with van der Waals surface area (Å²) in [5.74, 6) is 0. The van der Waals surface area contributed by atoms with E-state index in [0.717, 1.165) is 0 Å². The Kier molecular flexibility index (Phi) is 6.53. The molecule has 0 unspecified atom stereocenters. The number of rotatable bonds is 7. The minimum Gasteiger partial charge on any atom is -0.249 e. The number of halogens is 1. The lowest BCUT2D eigenvalue weighted by atomic mass is 9.92. The van der Waals surface area contributed by atoms with E-state index >= 15 is 0 Å². The van der Waals surface area contributed by atoms with Crippen molar-refractivity contribution in [1.29, 1.82) is 0 Å². The molecule has 1 fully saturated rings. The third-order valence-corrected chi connectivity index (χ3v) is 4.30. The maximum atomic E-state index is 3.76. The molecule has 0 aromatic rings. The van der Waals surface area contributed by atoms with Gasteiger partial charge in [0, 0.05) is 26.7 Å². The minimum absolute atomic E-state index is 0.465. The zero-order valence-electron chi connectivity index (χ0n) is 8.73. The van der Waals surface area contributed by atoms with E-state index in [-0.39, 0.29) is 0 Å². The molecule has 0 aromatic heterocycles. The first-order chi connectivity index (χ1) is 6.83. The highest BCUT2D eigenvalue weighted by molar-refractivity contribution is 14.2. The van der Waals surface area contributed by atoms with Crippen LogP contribution in [-0.2, 0) is 0 Å². The maximum absolute atomic E-state index is 3.76. The smallest absolute Gasteiger partial charge is 0.0290 e. The van der Waals surface area contributed by atoms with Gasteiger partial charge >= 0.3 is 0 Å². The van der Waals surface area contributed by atoms with Crippen molar-refractivity contribution < 1.29 is 0 Å². The number of unbranched alkanes of at least 4 members (excludes halogenated alkanes) is 2. The van der Waals surface area contributed by atoms with E-state index in [4.69, 9.17) is 0 Å². The molecule has 0 aliphatic heterocycles. The second-order valence-electron chi connectivity index (χ2n) is 4.20. The topological polar surface area (TPSA) is 12.0 Å². The second kappa shape index (κ2) is 7.12. The van der Waals surface area contributed by atoms with Crippen LogP contribution in [0, 0.1) is 0 Å². The van der Waals surface area contributed by atoms with E-state index in [2.05, 4.69) is 32.5 Å². The van der Waals surface area contributed by atoms with Gasteiger partial charge in [0.25, 0.3) is 0 Å². The summed E-state index contributed by atoms with van der Waals surface area (Å²) in [5, 5.41) is 0. The molecular formula is C11H20INS. The molecule has 0 heterocycles. The van der Waals surface area contributed by atoms with Gasteiger partial charge in [-0.3, -0.25) is 0 Å². The molecule has 0 radical (unpaired) electrons. The van der Waals surface area contributed by atoms with Crippen molar-refractivity contribution in [1.82, 2.24) is 4.72 Å². The van der Waals surface area contributed by atoms with Crippen molar-refractivity contribution in [3.63, 3.8) is 0 Å². The molecule has 0 aromatic carbocycles. The highest BCUT2D eigenvalue weighted by Crippen LogP contribution is 2.36. The summed E-state index contributed by atoms with van der Waals surface area (Å²) in [6.07, 6.45) is 12.8. The van der Waals surface area contributed by atoms with Crippen LogP contribution in [0.25, 0.3) is 0 Å². The van der Waals surface area contributed by atoms with Gasteiger partial charge in [-0.1, -0.05) is 25.3 Å². The van der Waals surface area contributed by atoms with Crippen molar-refractivity contribution >= 4 is 30.3 Å². The summed E-state index contributed by atoms with van der Waals surface area (Å²) in [7, 11) is 1.76. The van der Waals surface area contributed by atoms with Crippen molar-refractivity contribution in [2.45, 2.75) is 56.9 Å². The third kappa shape index (κ3) is 4.11.